The molecule has 0 saturated heterocycles. The van der Waals surface area contributed by atoms with Crippen LogP contribution in [0.3, 0.4) is 0 Å². The predicted octanol–water partition coefficient (Wildman–Crippen LogP) is 3.07. The first-order chi connectivity index (χ1) is 10.3. The molecule has 2 aromatic carbocycles. The van der Waals surface area contributed by atoms with E-state index in [9.17, 15) is 9.59 Å². The van der Waals surface area contributed by atoms with E-state index in [4.69, 9.17) is 0 Å². The Bertz CT molecular complexity index is 835. The third-order valence-electron chi connectivity index (χ3n) is 3.27. The third-order valence-corrected chi connectivity index (χ3v) is 3.27. The van der Waals surface area contributed by atoms with Crippen molar-refractivity contribution >= 4 is 5.78 Å². The van der Waals surface area contributed by atoms with Crippen LogP contribution < -0.4 is 5.56 Å². The highest BCUT2D eigenvalue weighted by molar-refractivity contribution is 6.11. The number of carbonyl (C=O) groups excluding carboxylic acids is 1. The zero-order valence-electron chi connectivity index (χ0n) is 11.3. The maximum Gasteiger partial charge on any atom is 0.255 e. The van der Waals surface area contributed by atoms with Gasteiger partial charge in [-0.05, 0) is 18.2 Å². The second-order valence-corrected chi connectivity index (χ2v) is 4.62. The van der Waals surface area contributed by atoms with E-state index in [0.717, 1.165) is 0 Å². The van der Waals surface area contributed by atoms with Crippen molar-refractivity contribution in [2.75, 3.05) is 0 Å². The first kappa shape index (κ1) is 13.1. The molecular formula is C18H13NO2. The zero-order valence-corrected chi connectivity index (χ0v) is 11.3. The Morgan fingerprint density at radius 2 is 1.43 bits per heavy atom. The third kappa shape index (κ3) is 2.54. The van der Waals surface area contributed by atoms with Crippen LogP contribution in [-0.2, 0) is 0 Å². The van der Waals surface area contributed by atoms with Crippen LogP contribution in [0.4, 0.5) is 0 Å². The van der Waals surface area contributed by atoms with Gasteiger partial charge in [-0.2, -0.15) is 0 Å². The number of hydrogen-bond donors (Lipinski definition) is 0. The van der Waals surface area contributed by atoms with Gasteiger partial charge >= 0.3 is 0 Å². The van der Waals surface area contributed by atoms with Crippen LogP contribution in [0.25, 0.3) is 5.69 Å². The molecule has 3 nitrogen and oxygen atoms in total. The van der Waals surface area contributed by atoms with Crippen molar-refractivity contribution in [3.05, 3.63) is 100 Å². The highest BCUT2D eigenvalue weighted by atomic mass is 16.1. The van der Waals surface area contributed by atoms with Gasteiger partial charge < -0.3 is 0 Å². The highest BCUT2D eigenvalue weighted by Gasteiger charge is 2.14. The predicted molar refractivity (Wildman–Crippen MR) is 81.9 cm³/mol. The maximum absolute atomic E-state index is 12.6. The summed E-state index contributed by atoms with van der Waals surface area (Å²) in [5, 5.41) is 0. The SMILES string of the molecule is O=C(c1ccccc1)c1ccccc1-n1ccccc1=O. The van der Waals surface area contributed by atoms with Crippen molar-refractivity contribution in [2.45, 2.75) is 0 Å². The van der Waals surface area contributed by atoms with E-state index < -0.39 is 0 Å². The van der Waals surface area contributed by atoms with Crippen LogP contribution >= 0.6 is 0 Å². The molecule has 0 aliphatic carbocycles. The van der Waals surface area contributed by atoms with Crippen LogP contribution in [0.2, 0.25) is 0 Å². The molecule has 0 saturated carbocycles. The molecule has 0 N–H and O–H groups in total. The lowest BCUT2D eigenvalue weighted by Crippen LogP contribution is -2.18. The van der Waals surface area contributed by atoms with E-state index in [-0.39, 0.29) is 11.3 Å². The van der Waals surface area contributed by atoms with E-state index >= 15 is 0 Å². The quantitative estimate of drug-likeness (QED) is 0.689. The molecule has 0 bridgehead atoms. The van der Waals surface area contributed by atoms with Crippen molar-refractivity contribution in [3.63, 3.8) is 0 Å². The van der Waals surface area contributed by atoms with Crippen molar-refractivity contribution in [1.82, 2.24) is 4.57 Å². The van der Waals surface area contributed by atoms with Gasteiger partial charge in [-0.15, -0.1) is 0 Å². The summed E-state index contributed by atoms with van der Waals surface area (Å²) in [6, 6.07) is 21.1. The van der Waals surface area contributed by atoms with Crippen LogP contribution in [0.1, 0.15) is 15.9 Å². The molecular weight excluding hydrogens is 262 g/mol. The summed E-state index contributed by atoms with van der Waals surface area (Å²) >= 11 is 0. The van der Waals surface area contributed by atoms with E-state index in [2.05, 4.69) is 0 Å². The standard InChI is InChI=1S/C18H13NO2/c20-17-12-6-7-13-19(17)16-11-5-4-10-15(16)18(21)14-8-2-1-3-9-14/h1-13H. The van der Waals surface area contributed by atoms with E-state index in [1.54, 1.807) is 48.7 Å². The number of para-hydroxylation sites is 1. The summed E-state index contributed by atoms with van der Waals surface area (Å²) in [4.78, 5) is 24.6. The Morgan fingerprint density at radius 3 is 2.19 bits per heavy atom. The first-order valence-corrected chi connectivity index (χ1v) is 6.64. The fourth-order valence-corrected chi connectivity index (χ4v) is 2.25. The van der Waals surface area contributed by atoms with Crippen molar-refractivity contribution < 1.29 is 4.79 Å². The molecule has 21 heavy (non-hydrogen) atoms. The summed E-state index contributed by atoms with van der Waals surface area (Å²) in [6.07, 6.45) is 1.67. The van der Waals surface area contributed by atoms with Gasteiger partial charge in [0.05, 0.1) is 5.69 Å². The van der Waals surface area contributed by atoms with Crippen molar-refractivity contribution in [2.24, 2.45) is 0 Å². The molecule has 1 aromatic heterocycles. The van der Waals surface area contributed by atoms with Gasteiger partial charge in [0, 0.05) is 23.4 Å². The average Bonchev–Trinajstić information content (AvgIpc) is 2.55. The van der Waals surface area contributed by atoms with Crippen LogP contribution in [0.15, 0.2) is 83.8 Å². The van der Waals surface area contributed by atoms with E-state index in [1.807, 2.05) is 24.3 Å². The monoisotopic (exact) mass is 275 g/mol. The van der Waals surface area contributed by atoms with Crippen molar-refractivity contribution in [3.8, 4) is 5.69 Å². The minimum atomic E-state index is -0.161. The molecule has 0 radical (unpaired) electrons. The average molecular weight is 275 g/mol. The number of rotatable bonds is 3. The van der Waals surface area contributed by atoms with Gasteiger partial charge in [0.1, 0.15) is 0 Å². The lowest BCUT2D eigenvalue weighted by atomic mass is 10.0. The molecule has 3 aromatic rings. The fraction of sp³-hybridized carbons (Fsp3) is 0. The Morgan fingerprint density at radius 1 is 0.762 bits per heavy atom. The molecule has 0 amide bonds. The largest absolute Gasteiger partial charge is 0.289 e. The van der Waals surface area contributed by atoms with Gasteiger partial charge in [0.15, 0.2) is 5.78 Å². The van der Waals surface area contributed by atoms with Crippen molar-refractivity contribution in [1.29, 1.82) is 0 Å². The lowest BCUT2D eigenvalue weighted by molar-refractivity contribution is 0.103. The Kier molecular flexibility index (Phi) is 3.48. The summed E-state index contributed by atoms with van der Waals surface area (Å²) in [7, 11) is 0. The summed E-state index contributed by atoms with van der Waals surface area (Å²) in [5.74, 6) is -0.0954. The number of pyridine rings is 1. The summed E-state index contributed by atoms with van der Waals surface area (Å²) < 4.78 is 1.48. The molecule has 0 aliphatic heterocycles. The Hall–Kier alpha value is -2.94. The maximum atomic E-state index is 12.6. The van der Waals surface area contributed by atoms with Crippen LogP contribution in [-0.4, -0.2) is 10.4 Å². The molecule has 3 rings (SSSR count). The smallest absolute Gasteiger partial charge is 0.255 e. The van der Waals surface area contributed by atoms with Crippen LogP contribution in [0.5, 0.6) is 0 Å². The lowest BCUT2D eigenvalue weighted by Gasteiger charge is -2.10. The molecule has 0 fully saturated rings. The topological polar surface area (TPSA) is 39.1 Å². The number of aromatic nitrogens is 1. The molecule has 0 atom stereocenters. The van der Waals surface area contributed by atoms with Gasteiger partial charge in [-0.3, -0.25) is 14.2 Å². The molecule has 0 aliphatic rings. The van der Waals surface area contributed by atoms with Gasteiger partial charge in [0.25, 0.3) is 5.56 Å². The second kappa shape index (κ2) is 5.59. The molecule has 0 spiro atoms. The van der Waals surface area contributed by atoms with Gasteiger partial charge in [-0.1, -0.05) is 48.5 Å². The first-order valence-electron chi connectivity index (χ1n) is 6.64. The van der Waals surface area contributed by atoms with Gasteiger partial charge in [0.2, 0.25) is 0 Å². The van der Waals surface area contributed by atoms with E-state index in [1.165, 1.54) is 10.6 Å². The zero-order chi connectivity index (χ0) is 14.7. The number of carbonyl (C=O) groups is 1. The number of ketones is 1. The normalized spacial score (nSPS) is 10.3. The molecule has 1 heterocycles. The fourth-order valence-electron chi connectivity index (χ4n) is 2.25. The Balaban J connectivity index is 2.16. The molecule has 3 heteroatoms. The van der Waals surface area contributed by atoms with Gasteiger partial charge in [-0.25, -0.2) is 0 Å². The summed E-state index contributed by atoms with van der Waals surface area (Å²) in [5.41, 5.74) is 1.55. The summed E-state index contributed by atoms with van der Waals surface area (Å²) in [6.45, 7) is 0. The highest BCUT2D eigenvalue weighted by Crippen LogP contribution is 2.17. The number of hydrogen-bond acceptors (Lipinski definition) is 2. The van der Waals surface area contributed by atoms with Crippen LogP contribution in [0, 0.1) is 0 Å². The minimum absolute atomic E-state index is 0.0954. The number of benzene rings is 2. The minimum Gasteiger partial charge on any atom is -0.289 e. The molecule has 0 unspecified atom stereocenters. The molecule has 102 valence electrons. The van der Waals surface area contributed by atoms with E-state index in [0.29, 0.717) is 16.8 Å². The second-order valence-electron chi connectivity index (χ2n) is 4.62. The number of nitrogens with zero attached hydrogens (tertiary/aromatic N) is 1. The Labute approximate surface area is 122 Å².